The molecule has 2 aliphatic rings. The van der Waals surface area contributed by atoms with Gasteiger partial charge in [-0.2, -0.15) is 0 Å². The molecule has 7 heteroatoms. The molecule has 1 aromatic carbocycles. The molecule has 2 aromatic heterocycles. The van der Waals surface area contributed by atoms with E-state index in [-0.39, 0.29) is 11.8 Å². The average Bonchev–Trinajstić information content (AvgIpc) is 2.96. The van der Waals surface area contributed by atoms with Gasteiger partial charge >= 0.3 is 0 Å². The molecule has 34 heavy (non-hydrogen) atoms. The first-order valence-electron chi connectivity index (χ1n) is 11.8. The molecule has 1 amide bonds. The fourth-order valence-electron chi connectivity index (χ4n) is 5.60. The number of halogens is 2. The number of pyridine rings is 2. The van der Waals surface area contributed by atoms with Crippen LogP contribution >= 0.6 is 31.9 Å². The van der Waals surface area contributed by atoms with Crippen molar-refractivity contribution >= 4 is 37.8 Å². The zero-order valence-electron chi connectivity index (χ0n) is 19.2. The van der Waals surface area contributed by atoms with Crippen molar-refractivity contribution in [1.29, 1.82) is 0 Å². The molecule has 0 spiro atoms. The summed E-state index contributed by atoms with van der Waals surface area (Å²) in [6.45, 7) is 3.65. The molecule has 1 atom stereocenters. The minimum Gasteiger partial charge on any atom is -0.342 e. The summed E-state index contributed by atoms with van der Waals surface area (Å²) in [6.07, 6.45) is 9.26. The van der Waals surface area contributed by atoms with E-state index >= 15 is 0 Å². The van der Waals surface area contributed by atoms with E-state index in [1.165, 1.54) is 32.4 Å². The van der Waals surface area contributed by atoms with Crippen molar-refractivity contribution in [3.8, 4) is 0 Å². The fraction of sp³-hybridized carbons (Fsp3) is 0.370. The van der Waals surface area contributed by atoms with Gasteiger partial charge in [-0.3, -0.25) is 15.0 Å². The molecule has 176 valence electrons. The average molecular weight is 586 g/mol. The van der Waals surface area contributed by atoms with E-state index in [0.29, 0.717) is 12.3 Å². The van der Waals surface area contributed by atoms with Gasteiger partial charge in [-0.1, -0.05) is 22.0 Å². The molecule has 0 unspecified atom stereocenters. The number of nitrogens with zero attached hydrogens (tertiary/aromatic N) is 3. The maximum atomic E-state index is 13.0. The first-order chi connectivity index (χ1) is 16.4. The first kappa shape index (κ1) is 23.5. The summed E-state index contributed by atoms with van der Waals surface area (Å²) in [5.74, 6) is 0.754. The second kappa shape index (κ2) is 9.78. The Balaban J connectivity index is 1.40. The molecule has 0 radical (unpaired) electrons. The van der Waals surface area contributed by atoms with Gasteiger partial charge in [0.15, 0.2) is 0 Å². The number of hydrogen-bond acceptors (Lipinski definition) is 3. The van der Waals surface area contributed by atoms with E-state index in [1.54, 1.807) is 18.5 Å². The molecule has 5 rings (SSSR count). The third kappa shape index (κ3) is 4.78. The van der Waals surface area contributed by atoms with Gasteiger partial charge in [0.1, 0.15) is 0 Å². The standard InChI is InChI=1S/C27H28Br2N3O2/c1-17-11-20-4-5-21-14-22(28)15-30-27(21)26(25(20)23(29)12-17)19-6-9-31(10-7-19)24(33)13-18-3-2-8-32(34)16-18/h2-3,8,11-12,14-16,19,26,34H,4-7,9-10,13H2,1H3/q+1/t26-/m1/s1. The molecular weight excluding hydrogens is 558 g/mol. The molecule has 0 saturated carbocycles. The van der Waals surface area contributed by atoms with Crippen LogP contribution in [0.5, 0.6) is 0 Å². The predicted octanol–water partition coefficient (Wildman–Crippen LogP) is 5.15. The van der Waals surface area contributed by atoms with Crippen molar-refractivity contribution in [2.75, 3.05) is 13.1 Å². The minimum absolute atomic E-state index is 0.116. The summed E-state index contributed by atoms with van der Waals surface area (Å²) in [5.41, 5.74) is 7.38. The number of aryl methyl sites for hydroxylation is 3. The van der Waals surface area contributed by atoms with Crippen LogP contribution < -0.4 is 4.73 Å². The highest BCUT2D eigenvalue weighted by molar-refractivity contribution is 9.10. The van der Waals surface area contributed by atoms with Gasteiger partial charge in [0.25, 0.3) is 0 Å². The molecule has 3 aromatic rings. The Morgan fingerprint density at radius 2 is 1.94 bits per heavy atom. The van der Waals surface area contributed by atoms with E-state index < -0.39 is 0 Å². The monoisotopic (exact) mass is 584 g/mol. The summed E-state index contributed by atoms with van der Waals surface area (Å²) in [4.78, 5) is 19.9. The van der Waals surface area contributed by atoms with E-state index in [1.807, 2.05) is 17.2 Å². The lowest BCUT2D eigenvalue weighted by molar-refractivity contribution is -0.905. The molecule has 1 aliphatic heterocycles. The maximum Gasteiger partial charge on any atom is 0.227 e. The topological polar surface area (TPSA) is 57.3 Å². The van der Waals surface area contributed by atoms with Gasteiger partial charge in [0.2, 0.25) is 18.3 Å². The highest BCUT2D eigenvalue weighted by atomic mass is 79.9. The fourth-order valence-corrected chi connectivity index (χ4v) is 6.84. The van der Waals surface area contributed by atoms with Crippen LogP contribution in [-0.2, 0) is 24.1 Å². The highest BCUT2D eigenvalue weighted by Crippen LogP contribution is 2.45. The van der Waals surface area contributed by atoms with Crippen molar-refractivity contribution < 1.29 is 14.7 Å². The Morgan fingerprint density at radius 1 is 1.18 bits per heavy atom. The number of aromatic nitrogens is 2. The summed E-state index contributed by atoms with van der Waals surface area (Å²) >= 11 is 7.51. The van der Waals surface area contributed by atoms with Crippen LogP contribution in [-0.4, -0.2) is 34.1 Å². The number of carbonyl (C=O) groups excluding carboxylic acids is 1. The number of fused-ring (bicyclic) bond motifs is 2. The third-order valence-electron chi connectivity index (χ3n) is 7.16. The zero-order chi connectivity index (χ0) is 23.8. The normalized spacial score (nSPS) is 18.2. The molecule has 0 bridgehead atoms. The number of rotatable bonds is 3. The summed E-state index contributed by atoms with van der Waals surface area (Å²) < 4.78 is 3.20. The van der Waals surface area contributed by atoms with Crippen molar-refractivity contribution in [3.63, 3.8) is 0 Å². The predicted molar refractivity (Wildman–Crippen MR) is 137 cm³/mol. The second-order valence-electron chi connectivity index (χ2n) is 9.48. The lowest BCUT2D eigenvalue weighted by Gasteiger charge is -2.37. The quantitative estimate of drug-likeness (QED) is 0.341. The van der Waals surface area contributed by atoms with Crippen LogP contribution in [0, 0.1) is 12.8 Å². The zero-order valence-corrected chi connectivity index (χ0v) is 22.3. The number of hydrogen-bond donors (Lipinski definition) is 1. The Hall–Kier alpha value is -2.25. The van der Waals surface area contributed by atoms with E-state index in [9.17, 15) is 10.0 Å². The largest absolute Gasteiger partial charge is 0.342 e. The van der Waals surface area contributed by atoms with Crippen LogP contribution in [0.15, 0.2) is 57.9 Å². The maximum absolute atomic E-state index is 13.0. The Labute approximate surface area is 217 Å². The van der Waals surface area contributed by atoms with Crippen molar-refractivity contribution in [3.05, 3.63) is 91.4 Å². The first-order valence-corrected chi connectivity index (χ1v) is 13.4. The Kier molecular flexibility index (Phi) is 6.76. The highest BCUT2D eigenvalue weighted by Gasteiger charge is 2.36. The van der Waals surface area contributed by atoms with Crippen molar-refractivity contribution in [1.82, 2.24) is 9.88 Å². The SMILES string of the molecule is Cc1cc(Br)c2c(c1)CCc1cc(Br)cnc1[C@@H]2C1CCN(C(=O)Cc2ccc[n+](O)c2)CC1. The molecule has 1 fully saturated rings. The molecular formula is C27H28Br2N3O2+. The number of likely N-dealkylation sites (tertiary alicyclic amines) is 1. The van der Waals surface area contributed by atoms with Crippen molar-refractivity contribution in [2.24, 2.45) is 5.92 Å². The number of piperidine rings is 1. The molecule has 3 heterocycles. The Bertz CT molecular complexity index is 1240. The smallest absolute Gasteiger partial charge is 0.227 e. The summed E-state index contributed by atoms with van der Waals surface area (Å²) in [6, 6.07) is 10.4. The van der Waals surface area contributed by atoms with Gasteiger partial charge in [-0.05, 0) is 94.9 Å². The lowest BCUT2D eigenvalue weighted by atomic mass is 9.76. The van der Waals surface area contributed by atoms with Crippen LogP contribution in [0.1, 0.15) is 52.3 Å². The van der Waals surface area contributed by atoms with Crippen molar-refractivity contribution in [2.45, 2.75) is 44.9 Å². The molecule has 5 nitrogen and oxygen atoms in total. The van der Waals surface area contributed by atoms with E-state index in [4.69, 9.17) is 4.98 Å². The van der Waals surface area contributed by atoms with Gasteiger partial charge in [0.05, 0.1) is 12.1 Å². The van der Waals surface area contributed by atoms with Crippen LogP contribution in [0.25, 0.3) is 0 Å². The summed E-state index contributed by atoms with van der Waals surface area (Å²) in [5, 5.41) is 9.63. The number of amides is 1. The molecule has 1 saturated heterocycles. The van der Waals surface area contributed by atoms with Gasteiger partial charge in [-0.25, -0.2) is 0 Å². The van der Waals surface area contributed by atoms with Gasteiger partial charge in [0, 0.05) is 50.5 Å². The lowest BCUT2D eigenvalue weighted by Crippen LogP contribution is -2.41. The van der Waals surface area contributed by atoms with E-state index in [0.717, 1.165) is 53.5 Å². The molecule has 1 aliphatic carbocycles. The number of benzene rings is 1. The van der Waals surface area contributed by atoms with Gasteiger partial charge < -0.3 is 4.90 Å². The van der Waals surface area contributed by atoms with Gasteiger partial charge in [-0.15, -0.1) is 0 Å². The summed E-state index contributed by atoms with van der Waals surface area (Å²) in [7, 11) is 0. The van der Waals surface area contributed by atoms with Crippen LogP contribution in [0.3, 0.4) is 0 Å². The molecule has 1 N–H and O–H groups in total. The van der Waals surface area contributed by atoms with E-state index in [2.05, 4.69) is 57.0 Å². The minimum atomic E-state index is 0.116. The third-order valence-corrected chi connectivity index (χ3v) is 8.25. The van der Waals surface area contributed by atoms with Crippen LogP contribution in [0.2, 0.25) is 0 Å². The second-order valence-corrected chi connectivity index (χ2v) is 11.3. The number of carbonyl (C=O) groups is 1. The van der Waals surface area contributed by atoms with Crippen LogP contribution in [0.4, 0.5) is 0 Å². The Morgan fingerprint density at radius 3 is 2.71 bits per heavy atom.